The zero-order chi connectivity index (χ0) is 20.4. The zero-order valence-electron chi connectivity index (χ0n) is 16.8. The van der Waals surface area contributed by atoms with Crippen LogP contribution in [0.15, 0.2) is 48.5 Å². The lowest BCUT2D eigenvalue weighted by Crippen LogP contribution is -2.05. The van der Waals surface area contributed by atoms with E-state index in [1.807, 2.05) is 19.2 Å². The summed E-state index contributed by atoms with van der Waals surface area (Å²) in [5, 5.41) is 18.1. The summed E-state index contributed by atoms with van der Waals surface area (Å²) >= 11 is 0. The van der Waals surface area contributed by atoms with Gasteiger partial charge >= 0.3 is 0 Å². The van der Waals surface area contributed by atoms with Gasteiger partial charge in [-0.1, -0.05) is 36.8 Å². The van der Waals surface area contributed by atoms with Crippen LogP contribution in [0.1, 0.15) is 29.3 Å². The van der Waals surface area contributed by atoms with Crippen molar-refractivity contribution in [3.8, 4) is 17.5 Å². The third-order valence-electron chi connectivity index (χ3n) is 4.91. The van der Waals surface area contributed by atoms with Crippen LogP contribution < -0.4 is 5.32 Å². The van der Waals surface area contributed by atoms with Crippen molar-refractivity contribution in [2.45, 2.75) is 26.8 Å². The Bertz CT molecular complexity index is 1210. The first kappa shape index (κ1) is 18.6. The Hall–Kier alpha value is -3.72. The molecule has 2 aromatic heterocycles. The molecule has 0 aliphatic rings. The average molecular weight is 382 g/mol. The predicted molar refractivity (Wildman–Crippen MR) is 114 cm³/mol. The lowest BCUT2D eigenvalue weighted by Gasteiger charge is -2.11. The molecular formula is C23H22N6. The first-order valence-electron chi connectivity index (χ1n) is 9.62. The molecule has 0 atom stereocenters. The van der Waals surface area contributed by atoms with Gasteiger partial charge in [0.1, 0.15) is 5.82 Å². The highest BCUT2D eigenvalue weighted by atomic mass is 15.3. The summed E-state index contributed by atoms with van der Waals surface area (Å²) in [7, 11) is 1.90. The van der Waals surface area contributed by atoms with Gasteiger partial charge in [-0.3, -0.25) is 0 Å². The summed E-state index contributed by atoms with van der Waals surface area (Å²) in [6.07, 6.45) is 0.802. The van der Waals surface area contributed by atoms with Gasteiger partial charge in [-0.15, -0.1) is 0 Å². The quantitative estimate of drug-likeness (QED) is 0.554. The minimum atomic E-state index is 0.611. The minimum absolute atomic E-state index is 0.611. The summed E-state index contributed by atoms with van der Waals surface area (Å²) in [5.41, 5.74) is 5.67. The Kier molecular flexibility index (Phi) is 4.96. The molecule has 4 aromatic rings. The maximum atomic E-state index is 9.05. The van der Waals surface area contributed by atoms with Crippen LogP contribution in [0.25, 0.3) is 22.4 Å². The summed E-state index contributed by atoms with van der Waals surface area (Å²) in [5.74, 6) is 1.39. The minimum Gasteiger partial charge on any atom is -0.365 e. The first-order valence-corrected chi connectivity index (χ1v) is 9.62. The van der Waals surface area contributed by atoms with Gasteiger partial charge in [-0.05, 0) is 43.2 Å². The van der Waals surface area contributed by atoms with E-state index in [4.69, 9.17) is 15.2 Å². The third-order valence-corrected chi connectivity index (χ3v) is 4.91. The predicted octanol–water partition coefficient (Wildman–Crippen LogP) is 4.38. The number of aryl methyl sites for hydroxylation is 3. The Labute approximate surface area is 169 Å². The fraction of sp³-hybridized carbons (Fsp3) is 0.217. The summed E-state index contributed by atoms with van der Waals surface area (Å²) < 4.78 is 1.81. The highest BCUT2D eigenvalue weighted by molar-refractivity contribution is 5.91. The number of benzene rings is 2. The van der Waals surface area contributed by atoms with Crippen LogP contribution in [-0.4, -0.2) is 19.7 Å². The molecule has 0 unspecified atom stereocenters. The molecule has 144 valence electrons. The number of hydrogen-bond acceptors (Lipinski definition) is 5. The number of rotatable bonds is 5. The van der Waals surface area contributed by atoms with Gasteiger partial charge in [0.2, 0.25) is 0 Å². The second-order valence-electron chi connectivity index (χ2n) is 7.05. The number of fused-ring (bicyclic) bond motifs is 1. The number of nitriles is 1. The molecule has 0 fully saturated rings. The maximum absolute atomic E-state index is 9.05. The van der Waals surface area contributed by atoms with Gasteiger partial charge in [0, 0.05) is 19.2 Å². The maximum Gasteiger partial charge on any atom is 0.164 e. The van der Waals surface area contributed by atoms with Crippen LogP contribution in [0, 0.1) is 18.3 Å². The molecule has 0 saturated heterocycles. The van der Waals surface area contributed by atoms with E-state index in [0.29, 0.717) is 17.9 Å². The normalized spacial score (nSPS) is 10.8. The van der Waals surface area contributed by atoms with Gasteiger partial charge in [0.25, 0.3) is 0 Å². The van der Waals surface area contributed by atoms with Crippen molar-refractivity contribution in [2.24, 2.45) is 7.05 Å². The van der Waals surface area contributed by atoms with Crippen molar-refractivity contribution in [2.75, 3.05) is 5.32 Å². The Morgan fingerprint density at radius 1 is 1.10 bits per heavy atom. The Morgan fingerprint density at radius 2 is 1.90 bits per heavy atom. The lowest BCUT2D eigenvalue weighted by atomic mass is 10.1. The molecule has 1 N–H and O–H groups in total. The van der Waals surface area contributed by atoms with Crippen molar-refractivity contribution in [3.05, 3.63) is 70.9 Å². The lowest BCUT2D eigenvalue weighted by molar-refractivity contribution is 0.761. The van der Waals surface area contributed by atoms with Crippen molar-refractivity contribution in [1.82, 2.24) is 19.7 Å². The van der Waals surface area contributed by atoms with Crippen LogP contribution >= 0.6 is 0 Å². The van der Waals surface area contributed by atoms with E-state index >= 15 is 0 Å². The van der Waals surface area contributed by atoms with Crippen LogP contribution in [-0.2, 0) is 20.0 Å². The molecule has 0 saturated carbocycles. The average Bonchev–Trinajstić information content (AvgIpc) is 3.08. The highest BCUT2D eigenvalue weighted by Gasteiger charge is 2.17. The van der Waals surface area contributed by atoms with Crippen molar-refractivity contribution >= 4 is 16.9 Å². The number of nitrogens with one attached hydrogen (secondary N) is 1. The van der Waals surface area contributed by atoms with Crippen LogP contribution in [0.3, 0.4) is 0 Å². The summed E-state index contributed by atoms with van der Waals surface area (Å²) in [6, 6.07) is 17.9. The smallest absolute Gasteiger partial charge is 0.164 e. The largest absolute Gasteiger partial charge is 0.365 e. The van der Waals surface area contributed by atoms with E-state index in [-0.39, 0.29) is 0 Å². The molecule has 0 spiro atoms. The molecule has 0 aliphatic heterocycles. The number of hydrogen-bond donors (Lipinski definition) is 1. The van der Waals surface area contributed by atoms with Crippen molar-refractivity contribution < 1.29 is 0 Å². The van der Waals surface area contributed by atoms with E-state index in [2.05, 4.69) is 54.6 Å². The number of nitrogens with zero attached hydrogens (tertiary/aromatic N) is 5. The molecule has 0 amide bonds. The molecular weight excluding hydrogens is 360 g/mol. The molecule has 4 rings (SSSR count). The summed E-state index contributed by atoms with van der Waals surface area (Å²) in [4.78, 5) is 9.59. The Balaban J connectivity index is 1.80. The fourth-order valence-corrected chi connectivity index (χ4v) is 3.43. The second-order valence-corrected chi connectivity index (χ2v) is 7.05. The Morgan fingerprint density at radius 3 is 2.59 bits per heavy atom. The van der Waals surface area contributed by atoms with Gasteiger partial charge < -0.3 is 5.32 Å². The monoisotopic (exact) mass is 382 g/mol. The highest BCUT2D eigenvalue weighted by Crippen LogP contribution is 2.28. The number of anilines is 1. The molecule has 2 aromatic carbocycles. The standard InChI is InChI=1S/C23H22N6/c1-4-19-20-22(25-14-17-7-5-6-15(2)12-17)26-21(27-23(20)29(3)28-19)18-10-8-16(13-24)9-11-18/h5-12H,4,14H2,1-3H3,(H,25,26,27). The van der Waals surface area contributed by atoms with E-state index < -0.39 is 0 Å². The van der Waals surface area contributed by atoms with Gasteiger partial charge in [-0.2, -0.15) is 10.4 Å². The van der Waals surface area contributed by atoms with E-state index in [1.54, 1.807) is 16.8 Å². The topological polar surface area (TPSA) is 79.4 Å². The van der Waals surface area contributed by atoms with Crippen molar-refractivity contribution in [1.29, 1.82) is 5.26 Å². The van der Waals surface area contributed by atoms with Gasteiger partial charge in [0.15, 0.2) is 11.5 Å². The second kappa shape index (κ2) is 7.72. The molecule has 29 heavy (non-hydrogen) atoms. The van der Waals surface area contributed by atoms with Gasteiger partial charge in [0.05, 0.1) is 22.7 Å². The third kappa shape index (κ3) is 3.67. The van der Waals surface area contributed by atoms with Gasteiger partial charge in [-0.25, -0.2) is 14.6 Å². The summed E-state index contributed by atoms with van der Waals surface area (Å²) in [6.45, 7) is 4.84. The molecule has 0 aliphatic carbocycles. The molecule has 6 heteroatoms. The molecule has 2 heterocycles. The van der Waals surface area contributed by atoms with Crippen LogP contribution in [0.2, 0.25) is 0 Å². The molecule has 0 radical (unpaired) electrons. The van der Waals surface area contributed by atoms with E-state index in [0.717, 1.165) is 34.5 Å². The molecule has 0 bridgehead atoms. The number of aromatic nitrogens is 4. The molecule has 6 nitrogen and oxygen atoms in total. The van der Waals surface area contributed by atoms with Crippen LogP contribution in [0.4, 0.5) is 5.82 Å². The zero-order valence-corrected chi connectivity index (χ0v) is 16.8. The first-order chi connectivity index (χ1) is 14.1. The fourth-order valence-electron chi connectivity index (χ4n) is 3.43. The SMILES string of the molecule is CCc1nn(C)c2nc(-c3ccc(C#N)cc3)nc(NCc3cccc(C)c3)c12. The van der Waals surface area contributed by atoms with E-state index in [1.165, 1.54) is 11.1 Å². The van der Waals surface area contributed by atoms with Crippen LogP contribution in [0.5, 0.6) is 0 Å². The van der Waals surface area contributed by atoms with Crippen molar-refractivity contribution in [3.63, 3.8) is 0 Å². The van der Waals surface area contributed by atoms with E-state index in [9.17, 15) is 0 Å².